The van der Waals surface area contributed by atoms with Crippen molar-refractivity contribution in [3.05, 3.63) is 0 Å². The average Bonchev–Trinajstić information content (AvgIpc) is 3.36. The second kappa shape index (κ2) is 4.45. The van der Waals surface area contributed by atoms with E-state index >= 15 is 0 Å². The molecule has 1 N–H and O–H groups in total. The van der Waals surface area contributed by atoms with Crippen LogP contribution in [-0.4, -0.2) is 47.0 Å². The maximum absolute atomic E-state index is 13.1. The fourth-order valence-electron chi connectivity index (χ4n) is 4.13. The van der Waals surface area contributed by atoms with Crippen LogP contribution in [0.2, 0.25) is 0 Å². The van der Waals surface area contributed by atoms with Crippen LogP contribution in [0.4, 0.5) is 0 Å². The predicted octanol–water partition coefficient (Wildman–Crippen LogP) is 1.07. The molecule has 2 heterocycles. The summed E-state index contributed by atoms with van der Waals surface area (Å²) >= 11 is 0. The van der Waals surface area contributed by atoms with E-state index in [4.69, 9.17) is 4.74 Å². The van der Waals surface area contributed by atoms with Crippen LogP contribution in [0.15, 0.2) is 0 Å². The third kappa shape index (κ3) is 2.00. The molecule has 2 saturated heterocycles. The van der Waals surface area contributed by atoms with Crippen LogP contribution in [0, 0.1) is 11.8 Å². The number of carbonyl (C=O) groups excluding carboxylic acids is 2. The number of nitrogens with zero attached hydrogens (tertiary/aromatic N) is 1. The summed E-state index contributed by atoms with van der Waals surface area (Å²) in [7, 11) is 0. The van der Waals surface area contributed by atoms with E-state index in [9.17, 15) is 9.59 Å². The zero-order chi connectivity index (χ0) is 14.8. The Balaban J connectivity index is 1.64. The van der Waals surface area contributed by atoms with Crippen LogP contribution in [0.5, 0.6) is 0 Å². The standard InChI is InChI=1S/C16H24N2O3/c1-9-14(19)17-16(2,11-5-6-11)15(20)18(9)12-7-8-21-13(12)10-3-4-10/h9-13H,3-8H2,1-2H3,(H,17,19). The van der Waals surface area contributed by atoms with Crippen molar-refractivity contribution < 1.29 is 14.3 Å². The highest BCUT2D eigenvalue weighted by atomic mass is 16.5. The van der Waals surface area contributed by atoms with Crippen LogP contribution in [0.3, 0.4) is 0 Å². The van der Waals surface area contributed by atoms with Gasteiger partial charge < -0.3 is 15.0 Å². The second-order valence-corrected chi connectivity index (χ2v) is 7.38. The molecule has 21 heavy (non-hydrogen) atoms. The lowest BCUT2D eigenvalue weighted by atomic mass is 9.87. The number of nitrogens with one attached hydrogen (secondary N) is 1. The van der Waals surface area contributed by atoms with Gasteiger partial charge in [-0.1, -0.05) is 0 Å². The first-order valence-electron chi connectivity index (χ1n) is 8.29. The van der Waals surface area contributed by atoms with Gasteiger partial charge in [0.15, 0.2) is 0 Å². The number of ether oxygens (including phenoxy) is 1. The molecule has 0 spiro atoms. The molecule has 4 aliphatic rings. The molecule has 116 valence electrons. The molecule has 4 rings (SSSR count). The zero-order valence-electron chi connectivity index (χ0n) is 12.8. The Kier molecular flexibility index (Phi) is 2.87. The largest absolute Gasteiger partial charge is 0.376 e. The van der Waals surface area contributed by atoms with Gasteiger partial charge in [-0.25, -0.2) is 0 Å². The molecule has 2 amide bonds. The Labute approximate surface area is 125 Å². The maximum atomic E-state index is 13.1. The minimum Gasteiger partial charge on any atom is -0.376 e. The van der Waals surface area contributed by atoms with E-state index in [2.05, 4.69) is 5.32 Å². The Bertz CT molecular complexity index is 486. The first-order chi connectivity index (χ1) is 10.0. The summed E-state index contributed by atoms with van der Waals surface area (Å²) in [5.74, 6) is 1.00. The Morgan fingerprint density at radius 3 is 2.52 bits per heavy atom. The molecule has 2 aliphatic heterocycles. The quantitative estimate of drug-likeness (QED) is 0.846. The van der Waals surface area contributed by atoms with E-state index in [0.717, 1.165) is 19.3 Å². The van der Waals surface area contributed by atoms with Crippen molar-refractivity contribution in [3.8, 4) is 0 Å². The van der Waals surface area contributed by atoms with Gasteiger partial charge in [0.05, 0.1) is 12.1 Å². The van der Waals surface area contributed by atoms with Gasteiger partial charge in [0, 0.05) is 6.61 Å². The lowest BCUT2D eigenvalue weighted by molar-refractivity contribution is -0.159. The fraction of sp³-hybridized carbons (Fsp3) is 0.875. The van der Waals surface area contributed by atoms with Crippen molar-refractivity contribution in [1.29, 1.82) is 0 Å². The van der Waals surface area contributed by atoms with Crippen LogP contribution in [0.25, 0.3) is 0 Å². The van der Waals surface area contributed by atoms with E-state index < -0.39 is 5.54 Å². The lowest BCUT2D eigenvalue weighted by Gasteiger charge is -2.47. The summed E-state index contributed by atoms with van der Waals surface area (Å²) < 4.78 is 5.89. The fourth-order valence-corrected chi connectivity index (χ4v) is 4.13. The topological polar surface area (TPSA) is 58.6 Å². The molecular weight excluding hydrogens is 268 g/mol. The number of amides is 2. The van der Waals surface area contributed by atoms with Crippen molar-refractivity contribution in [1.82, 2.24) is 10.2 Å². The number of piperazine rings is 1. The normalized spacial score (nSPS) is 44.1. The number of hydrogen-bond acceptors (Lipinski definition) is 3. The van der Waals surface area contributed by atoms with Crippen LogP contribution in [-0.2, 0) is 14.3 Å². The first-order valence-corrected chi connectivity index (χ1v) is 8.29. The predicted molar refractivity (Wildman–Crippen MR) is 76.4 cm³/mol. The summed E-state index contributed by atoms with van der Waals surface area (Å²) in [6.07, 6.45) is 5.49. The van der Waals surface area contributed by atoms with Gasteiger partial charge in [0.2, 0.25) is 11.8 Å². The highest BCUT2D eigenvalue weighted by Crippen LogP contribution is 2.45. The molecule has 0 aromatic heterocycles. The SMILES string of the molecule is CC1C(=O)NC(C)(C2CC2)C(=O)N1C1CCOC1C1CC1. The molecule has 0 aromatic rings. The minimum absolute atomic E-state index is 0.00885. The van der Waals surface area contributed by atoms with Gasteiger partial charge in [-0.05, 0) is 57.8 Å². The molecule has 2 aliphatic carbocycles. The Hall–Kier alpha value is -1.10. The lowest BCUT2D eigenvalue weighted by Crippen LogP contribution is -2.72. The molecule has 4 atom stereocenters. The van der Waals surface area contributed by atoms with E-state index in [-0.39, 0.29) is 30.0 Å². The highest BCUT2D eigenvalue weighted by molar-refractivity contribution is 6.00. The van der Waals surface area contributed by atoms with E-state index in [1.165, 1.54) is 12.8 Å². The van der Waals surface area contributed by atoms with E-state index in [1.807, 2.05) is 18.7 Å². The molecule has 4 unspecified atom stereocenters. The van der Waals surface area contributed by atoms with Gasteiger partial charge in [0.25, 0.3) is 0 Å². The molecular formula is C16H24N2O3. The number of hydrogen-bond donors (Lipinski definition) is 1. The van der Waals surface area contributed by atoms with E-state index in [1.54, 1.807) is 0 Å². The van der Waals surface area contributed by atoms with Crippen LogP contribution < -0.4 is 5.32 Å². The monoisotopic (exact) mass is 292 g/mol. The highest BCUT2D eigenvalue weighted by Gasteiger charge is 2.57. The van der Waals surface area contributed by atoms with Gasteiger partial charge in [-0.15, -0.1) is 0 Å². The van der Waals surface area contributed by atoms with Gasteiger partial charge >= 0.3 is 0 Å². The second-order valence-electron chi connectivity index (χ2n) is 7.38. The maximum Gasteiger partial charge on any atom is 0.249 e. The van der Waals surface area contributed by atoms with Crippen molar-refractivity contribution in [3.63, 3.8) is 0 Å². The summed E-state index contributed by atoms with van der Waals surface area (Å²) in [4.78, 5) is 27.4. The Morgan fingerprint density at radius 1 is 1.19 bits per heavy atom. The van der Waals surface area contributed by atoms with Crippen molar-refractivity contribution in [2.24, 2.45) is 11.8 Å². The summed E-state index contributed by atoms with van der Waals surface area (Å²) in [6.45, 7) is 4.47. The molecule has 0 bridgehead atoms. The number of rotatable bonds is 3. The molecule has 4 fully saturated rings. The van der Waals surface area contributed by atoms with Gasteiger partial charge in [-0.2, -0.15) is 0 Å². The minimum atomic E-state index is -0.694. The van der Waals surface area contributed by atoms with Gasteiger partial charge in [-0.3, -0.25) is 9.59 Å². The third-order valence-corrected chi connectivity index (χ3v) is 5.80. The molecule has 5 nitrogen and oxygen atoms in total. The van der Waals surface area contributed by atoms with Crippen LogP contribution in [0.1, 0.15) is 46.0 Å². The summed E-state index contributed by atoms with van der Waals surface area (Å²) in [5, 5.41) is 3.00. The van der Waals surface area contributed by atoms with Crippen molar-refractivity contribution in [2.45, 2.75) is 69.7 Å². The number of carbonyl (C=O) groups is 2. The summed E-state index contributed by atoms with van der Waals surface area (Å²) in [6, 6.07) is -0.290. The van der Waals surface area contributed by atoms with Crippen molar-refractivity contribution >= 4 is 11.8 Å². The molecule has 2 saturated carbocycles. The first kappa shape index (κ1) is 13.6. The summed E-state index contributed by atoms with van der Waals surface area (Å²) in [5.41, 5.74) is -0.694. The molecule has 5 heteroatoms. The third-order valence-electron chi connectivity index (χ3n) is 5.80. The van der Waals surface area contributed by atoms with Crippen LogP contribution >= 0.6 is 0 Å². The van der Waals surface area contributed by atoms with E-state index in [0.29, 0.717) is 18.4 Å². The Morgan fingerprint density at radius 2 is 1.90 bits per heavy atom. The smallest absolute Gasteiger partial charge is 0.249 e. The van der Waals surface area contributed by atoms with Gasteiger partial charge in [0.1, 0.15) is 11.6 Å². The molecule has 0 aromatic carbocycles. The molecule has 0 radical (unpaired) electrons. The van der Waals surface area contributed by atoms with Crippen molar-refractivity contribution in [2.75, 3.05) is 6.61 Å². The average molecular weight is 292 g/mol. The zero-order valence-corrected chi connectivity index (χ0v) is 12.8.